The third kappa shape index (κ3) is 4.72. The van der Waals surface area contributed by atoms with Gasteiger partial charge in [0.05, 0.1) is 5.70 Å². The average Bonchev–Trinajstić information content (AvgIpc) is 2.41. The topological polar surface area (TPSA) is 12.4 Å². The van der Waals surface area contributed by atoms with Crippen LogP contribution in [0.15, 0.2) is 40.6 Å². The normalized spacial score (nSPS) is 21.0. The van der Waals surface area contributed by atoms with Crippen LogP contribution < -0.4 is 0 Å². The van der Waals surface area contributed by atoms with Gasteiger partial charge in [0.15, 0.2) is 0 Å². The summed E-state index contributed by atoms with van der Waals surface area (Å²) in [6.07, 6.45) is 13.1. The summed E-state index contributed by atoms with van der Waals surface area (Å²) in [6, 6.07) is 0. The molecule has 0 saturated heterocycles. The van der Waals surface area contributed by atoms with Crippen LogP contribution in [0.5, 0.6) is 0 Å². The van der Waals surface area contributed by atoms with E-state index in [4.69, 9.17) is 0 Å². The number of allylic oxidation sites excluding steroid dienone is 5. The minimum absolute atomic E-state index is 0.134. The molecule has 1 heteroatoms. The molecule has 0 aromatic rings. The summed E-state index contributed by atoms with van der Waals surface area (Å²) in [5.41, 5.74) is 2.47. The molecule has 0 saturated carbocycles. The first-order valence-corrected chi connectivity index (χ1v) is 6.56. The highest BCUT2D eigenvalue weighted by Crippen LogP contribution is 2.25. The third-order valence-corrected chi connectivity index (χ3v) is 3.27. The molecule has 94 valence electrons. The third-order valence-electron chi connectivity index (χ3n) is 3.27. The van der Waals surface area contributed by atoms with E-state index in [1.165, 1.54) is 12.0 Å². The number of hydrogen-bond donors (Lipinski definition) is 0. The SMILES string of the molecule is CCC(C)CC=NC1=C(C)C=CC(C)(C)C=C1. The molecule has 17 heavy (non-hydrogen) atoms. The predicted molar refractivity (Wildman–Crippen MR) is 77.3 cm³/mol. The van der Waals surface area contributed by atoms with Gasteiger partial charge in [-0.3, -0.25) is 4.99 Å². The second kappa shape index (κ2) is 6.00. The first-order chi connectivity index (χ1) is 7.94. The van der Waals surface area contributed by atoms with E-state index in [2.05, 4.69) is 70.1 Å². The zero-order valence-corrected chi connectivity index (χ0v) is 11.8. The van der Waals surface area contributed by atoms with E-state index in [-0.39, 0.29) is 5.41 Å². The molecule has 0 spiro atoms. The van der Waals surface area contributed by atoms with Crippen LogP contribution >= 0.6 is 0 Å². The van der Waals surface area contributed by atoms with Crippen molar-refractivity contribution in [1.82, 2.24) is 0 Å². The monoisotopic (exact) mass is 231 g/mol. The Morgan fingerprint density at radius 1 is 1.29 bits per heavy atom. The molecule has 0 heterocycles. The van der Waals surface area contributed by atoms with Gasteiger partial charge >= 0.3 is 0 Å². The summed E-state index contributed by atoms with van der Waals surface area (Å²) in [5, 5.41) is 0. The second-order valence-corrected chi connectivity index (χ2v) is 5.62. The molecule has 1 aliphatic carbocycles. The van der Waals surface area contributed by atoms with Crippen molar-refractivity contribution in [3.8, 4) is 0 Å². The van der Waals surface area contributed by atoms with Gasteiger partial charge in [-0.15, -0.1) is 0 Å². The molecule has 0 fully saturated rings. The van der Waals surface area contributed by atoms with Crippen molar-refractivity contribution in [2.24, 2.45) is 16.3 Å². The fourth-order valence-corrected chi connectivity index (χ4v) is 1.55. The highest BCUT2D eigenvalue weighted by molar-refractivity contribution is 5.60. The molecule has 0 aliphatic heterocycles. The van der Waals surface area contributed by atoms with Gasteiger partial charge < -0.3 is 0 Å². The minimum atomic E-state index is 0.134. The first kappa shape index (κ1) is 14.0. The predicted octanol–water partition coefficient (Wildman–Crippen LogP) is 4.92. The van der Waals surface area contributed by atoms with E-state index >= 15 is 0 Å². The molecule has 1 atom stereocenters. The van der Waals surface area contributed by atoms with Crippen molar-refractivity contribution in [2.75, 3.05) is 0 Å². The average molecular weight is 231 g/mol. The standard InChI is InChI=1S/C16H25N/c1-6-13(2)9-12-17-15-8-11-16(4,5)10-7-14(15)3/h7-8,10-13H,6,9H2,1-5H3. The van der Waals surface area contributed by atoms with Crippen LogP contribution in [-0.4, -0.2) is 6.21 Å². The molecule has 1 rings (SSSR count). The smallest absolute Gasteiger partial charge is 0.0651 e. The lowest BCUT2D eigenvalue weighted by atomic mass is 9.93. The summed E-state index contributed by atoms with van der Waals surface area (Å²) >= 11 is 0. The van der Waals surface area contributed by atoms with Crippen LogP contribution in [0.25, 0.3) is 0 Å². The van der Waals surface area contributed by atoms with Crippen molar-refractivity contribution in [3.05, 3.63) is 35.6 Å². The van der Waals surface area contributed by atoms with Crippen molar-refractivity contribution in [2.45, 2.75) is 47.5 Å². The molecular weight excluding hydrogens is 206 g/mol. The van der Waals surface area contributed by atoms with Crippen molar-refractivity contribution in [1.29, 1.82) is 0 Å². The molecule has 0 aromatic carbocycles. The number of aliphatic imine (C=N–C) groups is 1. The minimum Gasteiger partial charge on any atom is -0.261 e. The Bertz CT molecular complexity index is 367. The van der Waals surface area contributed by atoms with Crippen LogP contribution in [0.2, 0.25) is 0 Å². The molecule has 1 unspecified atom stereocenters. The Morgan fingerprint density at radius 3 is 2.59 bits per heavy atom. The highest BCUT2D eigenvalue weighted by atomic mass is 14.7. The molecule has 0 bridgehead atoms. The van der Waals surface area contributed by atoms with Gasteiger partial charge in [0.25, 0.3) is 0 Å². The van der Waals surface area contributed by atoms with Gasteiger partial charge in [0.2, 0.25) is 0 Å². The Kier molecular flexibility index (Phi) is 4.92. The zero-order chi connectivity index (χ0) is 12.9. The fraction of sp³-hybridized carbons (Fsp3) is 0.562. The van der Waals surface area contributed by atoms with Gasteiger partial charge in [-0.05, 0) is 30.9 Å². The van der Waals surface area contributed by atoms with E-state index in [9.17, 15) is 0 Å². The van der Waals surface area contributed by atoms with E-state index < -0.39 is 0 Å². The first-order valence-electron chi connectivity index (χ1n) is 6.56. The van der Waals surface area contributed by atoms with Crippen LogP contribution in [-0.2, 0) is 0 Å². The molecule has 0 amide bonds. The maximum absolute atomic E-state index is 4.59. The summed E-state index contributed by atoms with van der Waals surface area (Å²) < 4.78 is 0. The maximum atomic E-state index is 4.59. The molecule has 1 nitrogen and oxygen atoms in total. The van der Waals surface area contributed by atoms with Crippen LogP contribution in [0, 0.1) is 11.3 Å². The van der Waals surface area contributed by atoms with E-state index in [0.717, 1.165) is 18.0 Å². The van der Waals surface area contributed by atoms with Crippen molar-refractivity contribution >= 4 is 6.21 Å². The lowest BCUT2D eigenvalue weighted by Gasteiger charge is -2.12. The summed E-state index contributed by atoms with van der Waals surface area (Å²) in [6.45, 7) is 11.0. The van der Waals surface area contributed by atoms with Gasteiger partial charge in [0.1, 0.15) is 0 Å². The lowest BCUT2D eigenvalue weighted by Crippen LogP contribution is -2.00. The molecular formula is C16H25N. The molecule has 1 aliphatic rings. The summed E-state index contributed by atoms with van der Waals surface area (Å²) in [5.74, 6) is 0.724. The summed E-state index contributed by atoms with van der Waals surface area (Å²) in [7, 11) is 0. The number of rotatable bonds is 4. The van der Waals surface area contributed by atoms with Crippen molar-refractivity contribution in [3.63, 3.8) is 0 Å². The lowest BCUT2D eigenvalue weighted by molar-refractivity contribution is 0.591. The van der Waals surface area contributed by atoms with Crippen LogP contribution in [0.1, 0.15) is 47.5 Å². The highest BCUT2D eigenvalue weighted by Gasteiger charge is 2.11. The number of hydrogen-bond acceptors (Lipinski definition) is 1. The quantitative estimate of drug-likeness (QED) is 0.609. The zero-order valence-electron chi connectivity index (χ0n) is 11.8. The van der Waals surface area contributed by atoms with Gasteiger partial charge in [-0.2, -0.15) is 0 Å². The van der Waals surface area contributed by atoms with Gasteiger partial charge in [-0.1, -0.05) is 52.3 Å². The van der Waals surface area contributed by atoms with Crippen LogP contribution in [0.4, 0.5) is 0 Å². The second-order valence-electron chi connectivity index (χ2n) is 5.62. The van der Waals surface area contributed by atoms with Crippen molar-refractivity contribution < 1.29 is 0 Å². The number of nitrogens with zero attached hydrogens (tertiary/aromatic N) is 1. The Morgan fingerprint density at radius 2 is 1.94 bits per heavy atom. The Balaban J connectivity index is 2.74. The van der Waals surface area contributed by atoms with Gasteiger partial charge in [-0.25, -0.2) is 0 Å². The van der Waals surface area contributed by atoms with E-state index in [1.54, 1.807) is 0 Å². The summed E-state index contributed by atoms with van der Waals surface area (Å²) in [4.78, 5) is 4.59. The van der Waals surface area contributed by atoms with E-state index in [1.807, 2.05) is 0 Å². The Hall–Kier alpha value is -1.11. The van der Waals surface area contributed by atoms with Crippen LogP contribution in [0.3, 0.4) is 0 Å². The molecule has 0 radical (unpaired) electrons. The maximum Gasteiger partial charge on any atom is 0.0651 e. The van der Waals surface area contributed by atoms with E-state index in [0.29, 0.717) is 0 Å². The fourth-order valence-electron chi connectivity index (χ4n) is 1.55. The molecule has 0 aromatic heterocycles. The largest absolute Gasteiger partial charge is 0.261 e. The molecule has 0 N–H and O–H groups in total. The van der Waals surface area contributed by atoms with Gasteiger partial charge in [0, 0.05) is 11.6 Å². The Labute approximate surface area is 106 Å².